The van der Waals surface area contributed by atoms with Crippen LogP contribution in [0, 0.1) is 6.92 Å². The number of hydrogen-bond acceptors (Lipinski definition) is 3. The molecule has 0 bridgehead atoms. The highest BCUT2D eigenvalue weighted by atomic mass is 16.5. The van der Waals surface area contributed by atoms with Crippen LogP contribution in [0.1, 0.15) is 31.1 Å². The maximum Gasteiger partial charge on any atom is 0.0950 e. The van der Waals surface area contributed by atoms with Crippen LogP contribution in [0.3, 0.4) is 0 Å². The maximum absolute atomic E-state index is 5.76. The molecular weight excluding hydrogens is 214 g/mol. The Bertz CT molecular complexity index is 326. The predicted octanol–water partition coefficient (Wildman–Crippen LogP) is 2.44. The van der Waals surface area contributed by atoms with Crippen molar-refractivity contribution in [3.63, 3.8) is 0 Å². The summed E-state index contributed by atoms with van der Waals surface area (Å²) in [4.78, 5) is 0. The van der Waals surface area contributed by atoms with Gasteiger partial charge in [0.05, 0.1) is 25.4 Å². The molecule has 1 rings (SSSR count). The average molecular weight is 237 g/mol. The van der Waals surface area contributed by atoms with Gasteiger partial charge in [0.1, 0.15) is 0 Å². The van der Waals surface area contributed by atoms with Crippen molar-refractivity contribution in [2.24, 2.45) is 5.73 Å². The van der Waals surface area contributed by atoms with E-state index in [1.54, 1.807) is 0 Å². The second-order valence-electron chi connectivity index (χ2n) is 4.37. The van der Waals surface area contributed by atoms with Gasteiger partial charge in [-0.15, -0.1) is 0 Å². The third-order valence-electron chi connectivity index (χ3n) is 2.60. The molecule has 0 amide bonds. The summed E-state index contributed by atoms with van der Waals surface area (Å²) < 4.78 is 11.2. The topological polar surface area (TPSA) is 44.5 Å². The van der Waals surface area contributed by atoms with Crippen molar-refractivity contribution in [1.82, 2.24) is 0 Å². The standard InChI is InChI=1S/C14H23NO2/c1-11(2)16-8-9-17-14(10-15)13-7-5-4-6-12(13)3/h4-7,11,14H,8-10,15H2,1-3H3. The predicted molar refractivity (Wildman–Crippen MR) is 70.0 cm³/mol. The Kier molecular flexibility index (Phi) is 6.19. The zero-order chi connectivity index (χ0) is 12.7. The molecule has 0 aliphatic heterocycles. The molecule has 0 aromatic heterocycles. The first kappa shape index (κ1) is 14.2. The Morgan fingerprint density at radius 2 is 1.76 bits per heavy atom. The number of ether oxygens (including phenoxy) is 2. The summed E-state index contributed by atoms with van der Waals surface area (Å²) in [6.45, 7) is 7.79. The summed E-state index contributed by atoms with van der Waals surface area (Å²) >= 11 is 0. The average Bonchev–Trinajstić information content (AvgIpc) is 2.30. The molecule has 1 atom stereocenters. The summed E-state index contributed by atoms with van der Waals surface area (Å²) in [5.41, 5.74) is 8.13. The fourth-order valence-electron chi connectivity index (χ4n) is 1.71. The lowest BCUT2D eigenvalue weighted by molar-refractivity contribution is -0.0106. The first-order valence-electron chi connectivity index (χ1n) is 6.14. The molecular formula is C14H23NO2. The SMILES string of the molecule is Cc1ccccc1C(CN)OCCOC(C)C. The van der Waals surface area contributed by atoms with Crippen LogP contribution in [0.2, 0.25) is 0 Å². The molecule has 0 saturated heterocycles. The largest absolute Gasteiger partial charge is 0.376 e. The molecule has 17 heavy (non-hydrogen) atoms. The van der Waals surface area contributed by atoms with Gasteiger partial charge in [0, 0.05) is 6.54 Å². The van der Waals surface area contributed by atoms with E-state index in [9.17, 15) is 0 Å². The fourth-order valence-corrected chi connectivity index (χ4v) is 1.71. The van der Waals surface area contributed by atoms with E-state index in [4.69, 9.17) is 15.2 Å². The van der Waals surface area contributed by atoms with Crippen LogP contribution in [0.25, 0.3) is 0 Å². The van der Waals surface area contributed by atoms with E-state index in [0.29, 0.717) is 19.8 Å². The monoisotopic (exact) mass is 237 g/mol. The normalized spacial score (nSPS) is 13.0. The van der Waals surface area contributed by atoms with Crippen LogP contribution in [0.4, 0.5) is 0 Å². The van der Waals surface area contributed by atoms with Crippen molar-refractivity contribution >= 4 is 0 Å². The van der Waals surface area contributed by atoms with Gasteiger partial charge in [0.15, 0.2) is 0 Å². The summed E-state index contributed by atoms with van der Waals surface area (Å²) in [6, 6.07) is 8.18. The Morgan fingerprint density at radius 1 is 1.12 bits per heavy atom. The molecule has 0 heterocycles. The quantitative estimate of drug-likeness (QED) is 0.741. The molecule has 1 aromatic rings. The van der Waals surface area contributed by atoms with Gasteiger partial charge in [-0.2, -0.15) is 0 Å². The van der Waals surface area contributed by atoms with Crippen LogP contribution >= 0.6 is 0 Å². The minimum Gasteiger partial charge on any atom is -0.376 e. The Balaban J connectivity index is 2.46. The maximum atomic E-state index is 5.76. The molecule has 0 aliphatic carbocycles. The smallest absolute Gasteiger partial charge is 0.0950 e. The summed E-state index contributed by atoms with van der Waals surface area (Å²) in [7, 11) is 0. The van der Waals surface area contributed by atoms with E-state index in [1.165, 1.54) is 11.1 Å². The minimum absolute atomic E-state index is 0.0352. The molecule has 0 aliphatic rings. The molecule has 0 saturated carbocycles. The molecule has 0 spiro atoms. The van der Waals surface area contributed by atoms with Gasteiger partial charge >= 0.3 is 0 Å². The van der Waals surface area contributed by atoms with Crippen LogP contribution < -0.4 is 5.73 Å². The zero-order valence-corrected chi connectivity index (χ0v) is 11.0. The molecule has 2 N–H and O–H groups in total. The number of rotatable bonds is 7. The number of nitrogens with two attached hydrogens (primary N) is 1. The Labute approximate surface area is 104 Å². The highest BCUT2D eigenvalue weighted by molar-refractivity contribution is 5.27. The molecule has 3 heteroatoms. The summed E-state index contributed by atoms with van der Waals surface area (Å²) in [6.07, 6.45) is 0.209. The zero-order valence-electron chi connectivity index (χ0n) is 11.0. The van der Waals surface area contributed by atoms with Gasteiger partial charge in [-0.1, -0.05) is 24.3 Å². The van der Waals surface area contributed by atoms with Gasteiger partial charge in [-0.05, 0) is 31.9 Å². The fraction of sp³-hybridized carbons (Fsp3) is 0.571. The third-order valence-corrected chi connectivity index (χ3v) is 2.60. The molecule has 3 nitrogen and oxygen atoms in total. The summed E-state index contributed by atoms with van der Waals surface area (Å²) in [5, 5.41) is 0. The second kappa shape index (κ2) is 7.43. The molecule has 0 fully saturated rings. The first-order chi connectivity index (χ1) is 8.15. The van der Waals surface area contributed by atoms with E-state index in [0.717, 1.165) is 0 Å². The van der Waals surface area contributed by atoms with Crippen molar-refractivity contribution in [1.29, 1.82) is 0 Å². The van der Waals surface area contributed by atoms with E-state index >= 15 is 0 Å². The van der Waals surface area contributed by atoms with E-state index in [1.807, 2.05) is 26.0 Å². The third kappa shape index (κ3) is 4.86. The lowest BCUT2D eigenvalue weighted by Gasteiger charge is -2.19. The minimum atomic E-state index is -0.0352. The van der Waals surface area contributed by atoms with E-state index in [2.05, 4.69) is 19.1 Å². The summed E-state index contributed by atoms with van der Waals surface area (Å²) in [5.74, 6) is 0. The van der Waals surface area contributed by atoms with Crippen molar-refractivity contribution in [3.05, 3.63) is 35.4 Å². The van der Waals surface area contributed by atoms with E-state index < -0.39 is 0 Å². The van der Waals surface area contributed by atoms with Crippen LogP contribution in [0.5, 0.6) is 0 Å². The number of benzene rings is 1. The lowest BCUT2D eigenvalue weighted by Crippen LogP contribution is -2.19. The van der Waals surface area contributed by atoms with Crippen molar-refractivity contribution in [2.75, 3.05) is 19.8 Å². The molecule has 1 aromatic carbocycles. The Hall–Kier alpha value is -0.900. The number of aryl methyl sites for hydroxylation is 1. The molecule has 96 valence electrons. The Morgan fingerprint density at radius 3 is 2.35 bits per heavy atom. The first-order valence-corrected chi connectivity index (χ1v) is 6.14. The van der Waals surface area contributed by atoms with E-state index in [-0.39, 0.29) is 12.2 Å². The van der Waals surface area contributed by atoms with Crippen LogP contribution in [-0.2, 0) is 9.47 Å². The van der Waals surface area contributed by atoms with Gasteiger partial charge < -0.3 is 15.2 Å². The van der Waals surface area contributed by atoms with Crippen LogP contribution in [0.15, 0.2) is 24.3 Å². The van der Waals surface area contributed by atoms with Gasteiger partial charge in [-0.3, -0.25) is 0 Å². The van der Waals surface area contributed by atoms with Crippen molar-refractivity contribution in [3.8, 4) is 0 Å². The van der Waals surface area contributed by atoms with Gasteiger partial charge in [0.2, 0.25) is 0 Å². The molecule has 1 unspecified atom stereocenters. The highest BCUT2D eigenvalue weighted by Gasteiger charge is 2.11. The molecule has 0 radical (unpaired) electrons. The highest BCUT2D eigenvalue weighted by Crippen LogP contribution is 2.19. The van der Waals surface area contributed by atoms with Gasteiger partial charge in [0.25, 0.3) is 0 Å². The van der Waals surface area contributed by atoms with Crippen molar-refractivity contribution in [2.45, 2.75) is 33.0 Å². The van der Waals surface area contributed by atoms with Gasteiger partial charge in [-0.25, -0.2) is 0 Å². The van der Waals surface area contributed by atoms with Crippen molar-refractivity contribution < 1.29 is 9.47 Å². The van der Waals surface area contributed by atoms with Crippen LogP contribution in [-0.4, -0.2) is 25.9 Å². The lowest BCUT2D eigenvalue weighted by atomic mass is 10.0. The second-order valence-corrected chi connectivity index (χ2v) is 4.37. The number of hydrogen-bond donors (Lipinski definition) is 1.